The molecule has 0 aliphatic carbocycles. The second kappa shape index (κ2) is 6.20. The van der Waals surface area contributed by atoms with Crippen LogP contribution in [0.2, 0.25) is 10.2 Å². The summed E-state index contributed by atoms with van der Waals surface area (Å²) in [5, 5.41) is 9.09. The quantitative estimate of drug-likeness (QED) is 0.615. The highest BCUT2D eigenvalue weighted by molar-refractivity contribution is 6.41. The molecular weight excluding hydrogens is 287 g/mol. The van der Waals surface area contributed by atoms with Crippen molar-refractivity contribution in [1.29, 1.82) is 5.26 Å². The molecule has 2 heterocycles. The predicted molar refractivity (Wildman–Crippen MR) is 72.2 cm³/mol. The van der Waals surface area contributed by atoms with Crippen LogP contribution in [0.4, 0.5) is 0 Å². The summed E-state index contributed by atoms with van der Waals surface area (Å²) in [4.78, 5) is 19.8. The number of halogens is 2. The van der Waals surface area contributed by atoms with E-state index in [1.165, 1.54) is 12.3 Å². The summed E-state index contributed by atoms with van der Waals surface area (Å²) in [7, 11) is 0. The van der Waals surface area contributed by atoms with Crippen LogP contribution in [-0.2, 0) is 0 Å². The van der Waals surface area contributed by atoms with Gasteiger partial charge in [0.05, 0.1) is 23.2 Å². The Hall–Kier alpha value is -1.35. The van der Waals surface area contributed by atoms with Crippen molar-refractivity contribution in [2.75, 3.05) is 32.7 Å². The van der Waals surface area contributed by atoms with Crippen molar-refractivity contribution in [3.8, 4) is 6.07 Å². The second-order valence-corrected chi connectivity index (χ2v) is 4.99. The first kappa shape index (κ1) is 14.1. The Kier molecular flexibility index (Phi) is 4.59. The lowest BCUT2D eigenvalue weighted by Crippen LogP contribution is -2.48. The lowest BCUT2D eigenvalue weighted by Gasteiger charge is -2.33. The normalized spacial score (nSPS) is 16.2. The average Bonchev–Trinajstić information content (AvgIpc) is 2.42. The van der Waals surface area contributed by atoms with E-state index in [0.717, 1.165) is 0 Å². The van der Waals surface area contributed by atoms with Crippen LogP contribution < -0.4 is 0 Å². The van der Waals surface area contributed by atoms with Gasteiger partial charge in [0.1, 0.15) is 5.15 Å². The second-order valence-electron chi connectivity index (χ2n) is 4.22. The third-order valence-corrected chi connectivity index (χ3v) is 3.68. The molecule has 0 aromatic carbocycles. The van der Waals surface area contributed by atoms with Gasteiger partial charge in [-0.15, -0.1) is 0 Å². The van der Waals surface area contributed by atoms with E-state index in [1.54, 1.807) is 4.90 Å². The molecule has 0 bridgehead atoms. The number of pyridine rings is 1. The maximum Gasteiger partial charge on any atom is 0.255 e. The summed E-state index contributed by atoms with van der Waals surface area (Å²) in [6.07, 6.45) is 1.43. The van der Waals surface area contributed by atoms with Crippen molar-refractivity contribution in [2.24, 2.45) is 0 Å². The van der Waals surface area contributed by atoms with Crippen molar-refractivity contribution >= 4 is 29.1 Å². The Balaban J connectivity index is 2.01. The van der Waals surface area contributed by atoms with Crippen LogP contribution in [0.3, 0.4) is 0 Å². The molecule has 1 amide bonds. The maximum atomic E-state index is 12.2. The zero-order valence-corrected chi connectivity index (χ0v) is 11.7. The van der Waals surface area contributed by atoms with Crippen LogP contribution in [-0.4, -0.2) is 53.4 Å². The summed E-state index contributed by atoms with van der Waals surface area (Å²) >= 11 is 11.6. The minimum atomic E-state index is -0.109. The van der Waals surface area contributed by atoms with Crippen LogP contribution in [0.15, 0.2) is 12.3 Å². The summed E-state index contributed by atoms with van der Waals surface area (Å²) in [5.41, 5.74) is 0.433. The molecule has 1 aliphatic rings. The number of rotatable bonds is 2. The first-order valence-corrected chi connectivity index (χ1v) is 6.57. The number of hydrogen-bond donors (Lipinski definition) is 0. The van der Waals surface area contributed by atoms with E-state index in [4.69, 9.17) is 28.5 Å². The van der Waals surface area contributed by atoms with E-state index >= 15 is 0 Å². The summed E-state index contributed by atoms with van der Waals surface area (Å²) in [6.45, 7) is 3.00. The van der Waals surface area contributed by atoms with Crippen LogP contribution in [0.5, 0.6) is 0 Å². The first-order chi connectivity index (χ1) is 9.11. The molecule has 0 saturated carbocycles. The monoisotopic (exact) mass is 298 g/mol. The van der Waals surface area contributed by atoms with Gasteiger partial charge < -0.3 is 4.90 Å². The molecule has 0 atom stereocenters. The van der Waals surface area contributed by atoms with E-state index < -0.39 is 0 Å². The first-order valence-electron chi connectivity index (χ1n) is 5.81. The van der Waals surface area contributed by atoms with Gasteiger partial charge >= 0.3 is 0 Å². The van der Waals surface area contributed by atoms with E-state index in [1.807, 2.05) is 4.90 Å². The molecule has 1 aliphatic heterocycles. The highest BCUT2D eigenvalue weighted by atomic mass is 35.5. The average molecular weight is 299 g/mol. The van der Waals surface area contributed by atoms with Crippen molar-refractivity contribution in [3.63, 3.8) is 0 Å². The van der Waals surface area contributed by atoms with E-state index in [2.05, 4.69) is 11.1 Å². The molecule has 0 radical (unpaired) electrons. The van der Waals surface area contributed by atoms with Gasteiger partial charge in [-0.2, -0.15) is 5.26 Å². The Morgan fingerprint density at radius 2 is 2.05 bits per heavy atom. The van der Waals surface area contributed by atoms with Gasteiger partial charge in [0, 0.05) is 32.4 Å². The number of amides is 1. The number of aromatic nitrogens is 1. The Labute approximate surface area is 121 Å². The van der Waals surface area contributed by atoms with Gasteiger partial charge in [0.25, 0.3) is 5.91 Å². The highest BCUT2D eigenvalue weighted by Crippen LogP contribution is 2.20. The van der Waals surface area contributed by atoms with E-state index in [9.17, 15) is 4.79 Å². The van der Waals surface area contributed by atoms with Gasteiger partial charge in [0.15, 0.2) is 0 Å². The maximum absolute atomic E-state index is 12.2. The van der Waals surface area contributed by atoms with Crippen molar-refractivity contribution < 1.29 is 4.79 Å². The van der Waals surface area contributed by atoms with Crippen LogP contribution in [0.25, 0.3) is 0 Å². The molecule has 0 unspecified atom stereocenters. The van der Waals surface area contributed by atoms with Gasteiger partial charge in [-0.25, -0.2) is 4.98 Å². The van der Waals surface area contributed by atoms with Gasteiger partial charge in [0.2, 0.25) is 0 Å². The molecule has 0 N–H and O–H groups in total. The lowest BCUT2D eigenvalue weighted by molar-refractivity contribution is 0.0651. The molecule has 1 aromatic heterocycles. The summed E-state index contributed by atoms with van der Waals surface area (Å²) in [5.74, 6) is -0.109. The van der Waals surface area contributed by atoms with Gasteiger partial charge in [-0.05, 0) is 6.07 Å². The smallest absolute Gasteiger partial charge is 0.255 e. The fraction of sp³-hybridized carbons (Fsp3) is 0.417. The largest absolute Gasteiger partial charge is 0.336 e. The molecule has 7 heteroatoms. The molecule has 5 nitrogen and oxygen atoms in total. The number of hydrogen-bond acceptors (Lipinski definition) is 4. The van der Waals surface area contributed by atoms with Gasteiger partial charge in [-0.3, -0.25) is 9.69 Å². The van der Waals surface area contributed by atoms with Crippen LogP contribution in [0.1, 0.15) is 10.4 Å². The summed E-state index contributed by atoms with van der Waals surface area (Å²) < 4.78 is 0. The van der Waals surface area contributed by atoms with Crippen molar-refractivity contribution in [1.82, 2.24) is 14.8 Å². The van der Waals surface area contributed by atoms with Crippen LogP contribution >= 0.6 is 23.2 Å². The lowest BCUT2D eigenvalue weighted by atomic mass is 10.2. The molecule has 19 heavy (non-hydrogen) atoms. The standard InChI is InChI=1S/C12H12Cl2N4O/c13-10-7-9(8-16-11(10)14)12(19)18-5-3-17(2-1-15)4-6-18/h7-8H,2-6H2. The third-order valence-electron chi connectivity index (χ3n) is 3.00. The molecule has 2 rings (SSSR count). The molecule has 100 valence electrons. The zero-order valence-electron chi connectivity index (χ0n) is 10.1. The zero-order chi connectivity index (χ0) is 13.8. The van der Waals surface area contributed by atoms with E-state index in [-0.39, 0.29) is 16.1 Å². The minimum Gasteiger partial charge on any atom is -0.336 e. The third kappa shape index (κ3) is 3.35. The van der Waals surface area contributed by atoms with E-state index in [0.29, 0.717) is 38.3 Å². The SMILES string of the molecule is N#CCN1CCN(C(=O)c2cnc(Cl)c(Cl)c2)CC1. The molecule has 0 spiro atoms. The predicted octanol–water partition coefficient (Wildman–Crippen LogP) is 1.67. The van der Waals surface area contributed by atoms with Gasteiger partial charge in [-0.1, -0.05) is 23.2 Å². The number of carbonyl (C=O) groups is 1. The molecule has 1 aromatic rings. The van der Waals surface area contributed by atoms with Crippen molar-refractivity contribution in [3.05, 3.63) is 28.0 Å². The highest BCUT2D eigenvalue weighted by Gasteiger charge is 2.22. The fourth-order valence-electron chi connectivity index (χ4n) is 1.93. The Bertz CT molecular complexity index is 521. The van der Waals surface area contributed by atoms with Crippen LogP contribution in [0, 0.1) is 11.3 Å². The topological polar surface area (TPSA) is 60.2 Å². The van der Waals surface area contributed by atoms with Crippen molar-refractivity contribution in [2.45, 2.75) is 0 Å². The molecule has 1 saturated heterocycles. The Morgan fingerprint density at radius 3 is 2.63 bits per heavy atom. The Morgan fingerprint density at radius 1 is 1.37 bits per heavy atom. The molecule has 1 fully saturated rings. The number of nitriles is 1. The number of carbonyl (C=O) groups excluding carboxylic acids is 1. The summed E-state index contributed by atoms with van der Waals surface area (Å²) in [6, 6.07) is 3.64. The number of nitrogens with zero attached hydrogens (tertiary/aromatic N) is 4. The minimum absolute atomic E-state index is 0.109. The fourth-order valence-corrected chi connectivity index (χ4v) is 2.20. The molecular formula is C12H12Cl2N4O. The number of piperazine rings is 1.